The SMILES string of the molecule is c1ccc(-c2ccc3c4ccc(-c5cccc(-c6nc(-c7ccccc7)nc(-c7ccc8ccccc8c7)n6)c5)cc4c4oc(-c5ccccc5)nc4c3c2)cc1. The Balaban J connectivity index is 1.07. The molecule has 0 atom stereocenters. The van der Waals surface area contributed by atoms with Gasteiger partial charge in [0.15, 0.2) is 23.1 Å². The van der Waals surface area contributed by atoms with Crippen molar-refractivity contribution in [2.75, 3.05) is 0 Å². The van der Waals surface area contributed by atoms with Gasteiger partial charge in [0.25, 0.3) is 0 Å². The highest BCUT2D eigenvalue weighted by atomic mass is 16.3. The van der Waals surface area contributed by atoms with Gasteiger partial charge in [0, 0.05) is 33.0 Å². The zero-order valence-electron chi connectivity index (χ0n) is 30.7. The van der Waals surface area contributed by atoms with E-state index in [-0.39, 0.29) is 0 Å². The van der Waals surface area contributed by atoms with E-state index in [2.05, 4.69) is 127 Å². The Labute approximate surface area is 328 Å². The van der Waals surface area contributed by atoms with Crippen molar-refractivity contribution in [2.24, 2.45) is 0 Å². The van der Waals surface area contributed by atoms with Crippen LogP contribution in [0.4, 0.5) is 0 Å². The molecule has 0 amide bonds. The summed E-state index contributed by atoms with van der Waals surface area (Å²) in [4.78, 5) is 20.2. The van der Waals surface area contributed by atoms with E-state index in [9.17, 15) is 0 Å². The zero-order chi connectivity index (χ0) is 37.7. The van der Waals surface area contributed by atoms with Crippen molar-refractivity contribution in [3.63, 3.8) is 0 Å². The van der Waals surface area contributed by atoms with Crippen LogP contribution in [0.2, 0.25) is 0 Å². The predicted octanol–water partition coefficient (Wildman–Crippen LogP) is 13.5. The van der Waals surface area contributed by atoms with Gasteiger partial charge in [-0.25, -0.2) is 19.9 Å². The second kappa shape index (κ2) is 13.5. The van der Waals surface area contributed by atoms with Crippen LogP contribution in [0.25, 0.3) is 111 Å². The average molecular weight is 729 g/mol. The van der Waals surface area contributed by atoms with Crippen molar-refractivity contribution >= 4 is 43.4 Å². The van der Waals surface area contributed by atoms with Crippen LogP contribution in [0, 0.1) is 0 Å². The maximum Gasteiger partial charge on any atom is 0.227 e. The van der Waals surface area contributed by atoms with Gasteiger partial charge in [-0.3, -0.25) is 0 Å². The van der Waals surface area contributed by atoms with Gasteiger partial charge in [-0.2, -0.15) is 0 Å². The number of fused-ring (bicyclic) bond motifs is 7. The minimum atomic E-state index is 0.600. The number of hydrogen-bond donors (Lipinski definition) is 0. The summed E-state index contributed by atoms with van der Waals surface area (Å²) in [5.41, 5.74) is 9.72. The number of nitrogens with zero attached hydrogens (tertiary/aromatic N) is 4. The second-order valence-electron chi connectivity index (χ2n) is 14.3. The zero-order valence-corrected chi connectivity index (χ0v) is 30.7. The summed E-state index contributed by atoms with van der Waals surface area (Å²) in [5.74, 6) is 2.47. The van der Waals surface area contributed by atoms with Crippen molar-refractivity contribution in [1.29, 1.82) is 0 Å². The third-order valence-corrected chi connectivity index (χ3v) is 10.7. The Hall–Kier alpha value is -7.76. The normalized spacial score (nSPS) is 11.5. The molecule has 2 aromatic heterocycles. The summed E-state index contributed by atoms with van der Waals surface area (Å²) in [7, 11) is 0. The van der Waals surface area contributed by atoms with E-state index in [1.54, 1.807) is 0 Å². The highest BCUT2D eigenvalue weighted by Crippen LogP contribution is 2.41. The molecular weight excluding hydrogens is 697 g/mol. The lowest BCUT2D eigenvalue weighted by atomic mass is 9.94. The molecule has 266 valence electrons. The fourth-order valence-corrected chi connectivity index (χ4v) is 7.84. The summed E-state index contributed by atoms with van der Waals surface area (Å²) < 4.78 is 6.70. The van der Waals surface area contributed by atoms with Crippen molar-refractivity contribution < 1.29 is 4.42 Å². The van der Waals surface area contributed by atoms with E-state index in [1.165, 1.54) is 5.39 Å². The molecule has 11 aromatic rings. The van der Waals surface area contributed by atoms with Crippen LogP contribution in [0.3, 0.4) is 0 Å². The number of aromatic nitrogens is 4. The molecule has 0 saturated carbocycles. The van der Waals surface area contributed by atoms with Gasteiger partial charge in [0.2, 0.25) is 5.89 Å². The summed E-state index contributed by atoms with van der Waals surface area (Å²) in [6.45, 7) is 0. The maximum absolute atomic E-state index is 6.70. The summed E-state index contributed by atoms with van der Waals surface area (Å²) in [5, 5.41) is 6.62. The van der Waals surface area contributed by atoms with Crippen molar-refractivity contribution in [3.8, 4) is 67.9 Å². The summed E-state index contributed by atoms with van der Waals surface area (Å²) in [6, 6.07) is 67.1. The Morgan fingerprint density at radius 1 is 0.281 bits per heavy atom. The van der Waals surface area contributed by atoms with Crippen LogP contribution >= 0.6 is 0 Å². The number of benzene rings is 9. The van der Waals surface area contributed by atoms with Gasteiger partial charge >= 0.3 is 0 Å². The molecule has 5 nitrogen and oxygen atoms in total. The molecule has 0 fully saturated rings. The monoisotopic (exact) mass is 728 g/mol. The van der Waals surface area contributed by atoms with Gasteiger partial charge in [0.1, 0.15) is 5.52 Å². The van der Waals surface area contributed by atoms with Crippen LogP contribution in [0.1, 0.15) is 0 Å². The van der Waals surface area contributed by atoms with E-state index in [1.807, 2.05) is 66.7 Å². The molecule has 0 aliphatic carbocycles. The van der Waals surface area contributed by atoms with E-state index in [0.29, 0.717) is 23.4 Å². The average Bonchev–Trinajstić information content (AvgIpc) is 3.76. The maximum atomic E-state index is 6.70. The lowest BCUT2D eigenvalue weighted by Gasteiger charge is -2.12. The highest BCUT2D eigenvalue weighted by molar-refractivity contribution is 6.24. The van der Waals surface area contributed by atoms with Gasteiger partial charge in [-0.1, -0.05) is 158 Å². The Bertz CT molecular complexity index is 3290. The smallest absolute Gasteiger partial charge is 0.227 e. The molecule has 5 heteroatoms. The topological polar surface area (TPSA) is 64.7 Å². The first-order valence-electron chi connectivity index (χ1n) is 19.0. The van der Waals surface area contributed by atoms with Gasteiger partial charge in [0.05, 0.1) is 0 Å². The fourth-order valence-electron chi connectivity index (χ4n) is 7.84. The predicted molar refractivity (Wildman–Crippen MR) is 233 cm³/mol. The molecule has 0 N–H and O–H groups in total. The molecule has 9 aromatic carbocycles. The Kier molecular flexibility index (Phi) is 7.74. The molecule has 0 unspecified atom stereocenters. The molecule has 0 aliphatic rings. The van der Waals surface area contributed by atoms with Gasteiger partial charge < -0.3 is 4.42 Å². The molecule has 0 saturated heterocycles. The fraction of sp³-hybridized carbons (Fsp3) is 0. The standard InChI is InChI=1S/C52H32N4O/c1-4-13-33(14-5-1)39-25-27-43-44-28-26-40(32-46(44)48-47(45(43)31-39)53-52(57-48)36-18-8-3-9-19-36)38-21-12-22-41(30-38)50-54-49(35-16-6-2-7-17-35)55-51(56-50)42-24-23-34-15-10-11-20-37(34)29-42/h1-32H. The lowest BCUT2D eigenvalue weighted by molar-refractivity contribution is 0.623. The minimum absolute atomic E-state index is 0.600. The summed E-state index contributed by atoms with van der Waals surface area (Å²) in [6.07, 6.45) is 0. The van der Waals surface area contributed by atoms with Crippen molar-refractivity contribution in [3.05, 3.63) is 194 Å². The number of oxazole rings is 1. The van der Waals surface area contributed by atoms with Crippen LogP contribution in [0.15, 0.2) is 199 Å². The third-order valence-electron chi connectivity index (χ3n) is 10.7. The molecule has 0 spiro atoms. The Morgan fingerprint density at radius 3 is 1.49 bits per heavy atom. The highest BCUT2D eigenvalue weighted by Gasteiger charge is 2.19. The summed E-state index contributed by atoms with van der Waals surface area (Å²) >= 11 is 0. The molecule has 2 heterocycles. The van der Waals surface area contributed by atoms with Crippen LogP contribution < -0.4 is 0 Å². The minimum Gasteiger partial charge on any atom is -0.435 e. The second-order valence-corrected chi connectivity index (χ2v) is 14.3. The quantitative estimate of drug-likeness (QED) is 0.160. The van der Waals surface area contributed by atoms with Crippen molar-refractivity contribution in [2.45, 2.75) is 0 Å². The first kappa shape index (κ1) is 32.7. The largest absolute Gasteiger partial charge is 0.435 e. The van der Waals surface area contributed by atoms with E-state index in [0.717, 1.165) is 82.5 Å². The van der Waals surface area contributed by atoms with Gasteiger partial charge in [-0.15, -0.1) is 0 Å². The van der Waals surface area contributed by atoms with Crippen LogP contribution in [-0.2, 0) is 0 Å². The number of hydrogen-bond acceptors (Lipinski definition) is 5. The molecule has 57 heavy (non-hydrogen) atoms. The lowest BCUT2D eigenvalue weighted by Crippen LogP contribution is -2.00. The Morgan fingerprint density at radius 2 is 0.772 bits per heavy atom. The van der Waals surface area contributed by atoms with Crippen LogP contribution in [0.5, 0.6) is 0 Å². The molecule has 0 radical (unpaired) electrons. The molecule has 0 bridgehead atoms. The number of rotatable bonds is 6. The van der Waals surface area contributed by atoms with E-state index in [4.69, 9.17) is 24.4 Å². The van der Waals surface area contributed by atoms with Gasteiger partial charge in [-0.05, 0) is 80.2 Å². The van der Waals surface area contributed by atoms with Crippen molar-refractivity contribution in [1.82, 2.24) is 19.9 Å². The first-order chi connectivity index (χ1) is 28.2. The molecule has 11 rings (SSSR count). The van der Waals surface area contributed by atoms with E-state index < -0.39 is 0 Å². The molecular formula is C52H32N4O. The first-order valence-corrected chi connectivity index (χ1v) is 19.0. The third kappa shape index (κ3) is 5.90. The van der Waals surface area contributed by atoms with Crippen LogP contribution in [-0.4, -0.2) is 19.9 Å². The van der Waals surface area contributed by atoms with E-state index >= 15 is 0 Å². The molecule has 0 aliphatic heterocycles.